The maximum Gasteiger partial charge on any atom is 0.347 e. The van der Waals surface area contributed by atoms with Crippen molar-refractivity contribution in [1.29, 1.82) is 0 Å². The van der Waals surface area contributed by atoms with Crippen molar-refractivity contribution >= 4 is 5.97 Å². The van der Waals surface area contributed by atoms with Crippen molar-refractivity contribution in [3.8, 4) is 5.75 Å². The molecular formula is C15H22O4. The third kappa shape index (κ3) is 4.24. The molecule has 0 saturated heterocycles. The predicted molar refractivity (Wildman–Crippen MR) is 73.8 cm³/mol. The third-order valence-corrected chi connectivity index (χ3v) is 2.90. The molecule has 0 aliphatic rings. The van der Waals surface area contributed by atoms with E-state index in [0.29, 0.717) is 5.75 Å². The number of ether oxygens (including phenoxy) is 2. The topological polar surface area (TPSA) is 55.8 Å². The van der Waals surface area contributed by atoms with Gasteiger partial charge in [0.15, 0.2) is 0 Å². The molecule has 0 aliphatic heterocycles. The van der Waals surface area contributed by atoms with E-state index in [1.165, 1.54) is 12.7 Å². The highest BCUT2D eigenvalue weighted by molar-refractivity contribution is 5.73. The smallest absolute Gasteiger partial charge is 0.347 e. The largest absolute Gasteiger partial charge is 0.478 e. The van der Waals surface area contributed by atoms with Crippen LogP contribution in [-0.4, -0.2) is 30.9 Å². The van der Waals surface area contributed by atoms with Crippen molar-refractivity contribution in [2.24, 2.45) is 0 Å². The van der Waals surface area contributed by atoms with Gasteiger partial charge in [0.25, 0.3) is 0 Å². The molecule has 0 fully saturated rings. The molecule has 1 N–H and O–H groups in total. The first-order valence-corrected chi connectivity index (χ1v) is 6.25. The van der Waals surface area contributed by atoms with Crippen LogP contribution in [0.2, 0.25) is 0 Å². The lowest BCUT2D eigenvalue weighted by atomic mass is 9.86. The van der Waals surface area contributed by atoms with Gasteiger partial charge < -0.3 is 14.6 Å². The lowest BCUT2D eigenvalue weighted by Gasteiger charge is -2.21. The molecule has 0 radical (unpaired) electrons. The lowest BCUT2D eigenvalue weighted by Crippen LogP contribution is -2.31. The summed E-state index contributed by atoms with van der Waals surface area (Å²) in [4.78, 5) is 11.0. The highest BCUT2D eigenvalue weighted by atomic mass is 16.5. The van der Waals surface area contributed by atoms with Crippen molar-refractivity contribution in [2.75, 3.05) is 13.7 Å². The molecule has 1 atom stereocenters. The van der Waals surface area contributed by atoms with Gasteiger partial charge in [0.05, 0.1) is 6.61 Å². The van der Waals surface area contributed by atoms with Crippen LogP contribution >= 0.6 is 0 Å². The number of hydrogen-bond donors (Lipinski definition) is 1. The van der Waals surface area contributed by atoms with Crippen LogP contribution in [0.4, 0.5) is 0 Å². The number of rotatable bonds is 5. The summed E-state index contributed by atoms with van der Waals surface area (Å²) in [5.74, 6) is -0.446. The first kappa shape index (κ1) is 15.5. The monoisotopic (exact) mass is 266 g/mol. The summed E-state index contributed by atoms with van der Waals surface area (Å²) in [7, 11) is 1.45. The fraction of sp³-hybridized carbons (Fsp3) is 0.533. The van der Waals surface area contributed by atoms with Crippen LogP contribution in [-0.2, 0) is 14.9 Å². The molecule has 4 nitrogen and oxygen atoms in total. The zero-order valence-electron chi connectivity index (χ0n) is 12.2. The van der Waals surface area contributed by atoms with Gasteiger partial charge in [-0.05, 0) is 29.5 Å². The molecule has 19 heavy (non-hydrogen) atoms. The lowest BCUT2D eigenvalue weighted by molar-refractivity contribution is -0.147. The summed E-state index contributed by atoms with van der Waals surface area (Å²) in [6.45, 7) is 8.33. The fourth-order valence-electron chi connectivity index (χ4n) is 1.71. The molecule has 106 valence electrons. The second-order valence-corrected chi connectivity index (χ2v) is 5.63. The Morgan fingerprint density at radius 1 is 1.37 bits per heavy atom. The maximum atomic E-state index is 11.0. The van der Waals surface area contributed by atoms with Crippen LogP contribution in [0.25, 0.3) is 0 Å². The first-order valence-electron chi connectivity index (χ1n) is 6.25. The zero-order chi connectivity index (χ0) is 14.6. The Kier molecular flexibility index (Phi) is 4.95. The van der Waals surface area contributed by atoms with E-state index in [1.54, 1.807) is 0 Å². The van der Waals surface area contributed by atoms with Gasteiger partial charge in [-0.3, -0.25) is 0 Å². The Morgan fingerprint density at radius 3 is 2.42 bits per heavy atom. The Balaban J connectivity index is 2.93. The van der Waals surface area contributed by atoms with E-state index in [1.807, 2.05) is 25.1 Å². The van der Waals surface area contributed by atoms with Crippen LogP contribution in [0.1, 0.15) is 31.9 Å². The molecule has 0 amide bonds. The average molecular weight is 266 g/mol. The van der Waals surface area contributed by atoms with Crippen molar-refractivity contribution in [3.05, 3.63) is 29.3 Å². The molecule has 0 aliphatic carbocycles. The quantitative estimate of drug-likeness (QED) is 0.890. The molecule has 1 unspecified atom stereocenters. The Bertz CT molecular complexity index is 446. The van der Waals surface area contributed by atoms with Crippen LogP contribution in [0.3, 0.4) is 0 Å². The van der Waals surface area contributed by atoms with Gasteiger partial charge in [-0.2, -0.15) is 0 Å². The summed E-state index contributed by atoms with van der Waals surface area (Å²) in [6, 6.07) is 5.82. The van der Waals surface area contributed by atoms with E-state index < -0.39 is 12.1 Å². The minimum Gasteiger partial charge on any atom is -0.478 e. The minimum absolute atomic E-state index is 0.0236. The molecular weight excluding hydrogens is 244 g/mol. The highest BCUT2D eigenvalue weighted by Gasteiger charge is 2.21. The van der Waals surface area contributed by atoms with Crippen LogP contribution in [0, 0.1) is 6.92 Å². The molecule has 0 heterocycles. The van der Waals surface area contributed by atoms with Crippen molar-refractivity contribution in [2.45, 2.75) is 39.2 Å². The van der Waals surface area contributed by atoms with Gasteiger partial charge in [-0.15, -0.1) is 0 Å². The summed E-state index contributed by atoms with van der Waals surface area (Å²) in [5.41, 5.74) is 2.17. The molecule has 0 saturated carbocycles. The molecule has 1 rings (SSSR count). The molecule has 0 aromatic heterocycles. The number of benzene rings is 1. The van der Waals surface area contributed by atoms with E-state index in [0.717, 1.165) is 5.56 Å². The molecule has 1 aromatic rings. The number of carboxylic acids is 1. The number of methoxy groups -OCH3 is 1. The van der Waals surface area contributed by atoms with Crippen LogP contribution < -0.4 is 4.74 Å². The fourth-order valence-corrected chi connectivity index (χ4v) is 1.71. The minimum atomic E-state index is -1.03. The van der Waals surface area contributed by atoms with Crippen molar-refractivity contribution in [3.63, 3.8) is 0 Å². The van der Waals surface area contributed by atoms with Crippen LogP contribution in [0.15, 0.2) is 18.2 Å². The number of carboxylic acid groups (broad SMARTS) is 1. The SMILES string of the molecule is COCC(Oc1ccc(C(C)(C)C)cc1C)C(=O)O. The van der Waals surface area contributed by atoms with Crippen molar-refractivity contribution < 1.29 is 19.4 Å². The van der Waals surface area contributed by atoms with Gasteiger partial charge in [0, 0.05) is 7.11 Å². The predicted octanol–water partition coefficient (Wildman–Crippen LogP) is 2.77. The van der Waals surface area contributed by atoms with E-state index in [4.69, 9.17) is 14.6 Å². The van der Waals surface area contributed by atoms with Gasteiger partial charge in [-0.25, -0.2) is 4.79 Å². The summed E-state index contributed by atoms with van der Waals surface area (Å²) in [5, 5.41) is 9.04. The standard InChI is InChI=1S/C15H22O4/c1-10-8-11(15(2,3)4)6-7-12(10)19-13(9-18-5)14(16)17/h6-8,13H,9H2,1-5H3,(H,16,17). The number of carbonyl (C=O) groups is 1. The number of aliphatic carboxylic acids is 1. The molecule has 0 bridgehead atoms. The van der Waals surface area contributed by atoms with E-state index >= 15 is 0 Å². The Labute approximate surface area is 114 Å². The molecule has 0 spiro atoms. The second-order valence-electron chi connectivity index (χ2n) is 5.63. The first-order chi connectivity index (χ1) is 8.75. The van der Waals surface area contributed by atoms with E-state index in [-0.39, 0.29) is 12.0 Å². The van der Waals surface area contributed by atoms with Gasteiger partial charge in [0.1, 0.15) is 5.75 Å². The molecule has 1 aromatic carbocycles. The van der Waals surface area contributed by atoms with Gasteiger partial charge >= 0.3 is 5.97 Å². The van der Waals surface area contributed by atoms with Gasteiger partial charge in [-0.1, -0.05) is 32.9 Å². The average Bonchev–Trinajstić information content (AvgIpc) is 2.29. The normalized spacial score (nSPS) is 13.1. The van der Waals surface area contributed by atoms with Crippen molar-refractivity contribution in [1.82, 2.24) is 0 Å². The Morgan fingerprint density at radius 2 is 2.00 bits per heavy atom. The highest BCUT2D eigenvalue weighted by Crippen LogP contribution is 2.28. The Hall–Kier alpha value is -1.55. The second kappa shape index (κ2) is 6.06. The summed E-state index contributed by atoms with van der Waals surface area (Å²) >= 11 is 0. The third-order valence-electron chi connectivity index (χ3n) is 2.90. The van der Waals surface area contributed by atoms with Gasteiger partial charge in [0.2, 0.25) is 6.10 Å². The van der Waals surface area contributed by atoms with E-state index in [9.17, 15) is 4.79 Å². The van der Waals surface area contributed by atoms with Crippen LogP contribution in [0.5, 0.6) is 5.75 Å². The number of hydrogen-bond acceptors (Lipinski definition) is 3. The zero-order valence-corrected chi connectivity index (χ0v) is 12.2. The molecule has 4 heteroatoms. The number of aryl methyl sites for hydroxylation is 1. The summed E-state index contributed by atoms with van der Waals surface area (Å²) in [6.07, 6.45) is -0.982. The van der Waals surface area contributed by atoms with E-state index in [2.05, 4.69) is 20.8 Å². The maximum absolute atomic E-state index is 11.0. The summed E-state index contributed by atoms with van der Waals surface area (Å²) < 4.78 is 10.3.